The molecule has 1 heterocycles. The molecule has 1 rings (SSSR count). The van der Waals surface area contributed by atoms with E-state index in [1.54, 1.807) is 0 Å². The van der Waals surface area contributed by atoms with E-state index in [-0.39, 0.29) is 16.8 Å². The molecule has 0 atom stereocenters. The lowest BCUT2D eigenvalue weighted by molar-refractivity contribution is -0.114. The van der Waals surface area contributed by atoms with Gasteiger partial charge in [0.05, 0.1) is 0 Å². The molecule has 2 N–H and O–H groups in total. The molecule has 0 fully saturated rings. The quantitative estimate of drug-likeness (QED) is 0.712. The summed E-state index contributed by atoms with van der Waals surface area (Å²) >= 11 is 5.51. The van der Waals surface area contributed by atoms with Crippen molar-refractivity contribution in [1.82, 2.24) is 9.97 Å². The molecule has 0 aliphatic carbocycles. The van der Waals surface area contributed by atoms with Crippen molar-refractivity contribution in [3.05, 3.63) is 16.9 Å². The molecule has 0 aromatic carbocycles. The average Bonchev–Trinajstić information content (AvgIpc) is 2.01. The summed E-state index contributed by atoms with van der Waals surface area (Å²) in [7, 11) is 0. The number of aromatic nitrogens is 2. The van der Waals surface area contributed by atoms with Crippen molar-refractivity contribution in [3.63, 3.8) is 0 Å². The average molecular weight is 216 g/mol. The third-order valence-electron chi connectivity index (χ3n) is 1.20. The maximum absolute atomic E-state index is 10.6. The van der Waals surface area contributed by atoms with Crippen molar-refractivity contribution in [2.45, 2.75) is 6.92 Å². The lowest BCUT2D eigenvalue weighted by atomic mass is 10.4. The van der Waals surface area contributed by atoms with E-state index in [9.17, 15) is 9.59 Å². The Morgan fingerprint density at radius 1 is 1.50 bits per heavy atom. The van der Waals surface area contributed by atoms with Crippen molar-refractivity contribution in [1.29, 1.82) is 0 Å². The maximum Gasteiger partial charge on any atom is 0.354 e. The molecule has 0 radical (unpaired) electrons. The van der Waals surface area contributed by atoms with Gasteiger partial charge in [0.2, 0.25) is 11.9 Å². The molecule has 0 aliphatic rings. The molecule has 0 bridgehead atoms. The van der Waals surface area contributed by atoms with Crippen LogP contribution in [0.3, 0.4) is 0 Å². The fourth-order valence-corrected chi connectivity index (χ4v) is 0.924. The monoisotopic (exact) mass is 215 g/mol. The minimum absolute atomic E-state index is 0.0406. The van der Waals surface area contributed by atoms with Crippen molar-refractivity contribution in [2.75, 3.05) is 5.32 Å². The van der Waals surface area contributed by atoms with Gasteiger partial charge in [-0.15, -0.1) is 0 Å². The molecule has 0 spiro atoms. The molecule has 7 heteroatoms. The van der Waals surface area contributed by atoms with E-state index >= 15 is 0 Å². The number of hydrogen-bond donors (Lipinski definition) is 2. The van der Waals surface area contributed by atoms with Gasteiger partial charge in [0.25, 0.3) is 0 Å². The van der Waals surface area contributed by atoms with E-state index < -0.39 is 11.9 Å². The third kappa shape index (κ3) is 2.67. The van der Waals surface area contributed by atoms with E-state index in [2.05, 4.69) is 15.3 Å². The molecule has 14 heavy (non-hydrogen) atoms. The zero-order chi connectivity index (χ0) is 10.7. The normalized spacial score (nSPS) is 9.57. The van der Waals surface area contributed by atoms with E-state index in [1.165, 1.54) is 6.92 Å². The van der Waals surface area contributed by atoms with Crippen molar-refractivity contribution in [3.8, 4) is 0 Å². The van der Waals surface area contributed by atoms with Gasteiger partial charge < -0.3 is 5.11 Å². The molecule has 0 unspecified atom stereocenters. The lowest BCUT2D eigenvalue weighted by Crippen LogP contribution is -2.12. The summed E-state index contributed by atoms with van der Waals surface area (Å²) in [6.45, 7) is 1.25. The number of carboxylic acid groups (broad SMARTS) is 1. The smallest absolute Gasteiger partial charge is 0.354 e. The Bertz CT molecular complexity index is 394. The Morgan fingerprint density at radius 3 is 2.64 bits per heavy atom. The Kier molecular flexibility index (Phi) is 2.98. The highest BCUT2D eigenvalue weighted by atomic mass is 35.5. The largest absolute Gasteiger partial charge is 0.477 e. The topological polar surface area (TPSA) is 92.2 Å². The molecule has 74 valence electrons. The number of carboxylic acids is 1. The first-order valence-electron chi connectivity index (χ1n) is 3.54. The first-order chi connectivity index (χ1) is 6.49. The number of nitrogens with one attached hydrogen (secondary N) is 1. The van der Waals surface area contributed by atoms with Gasteiger partial charge in [0.1, 0.15) is 5.15 Å². The van der Waals surface area contributed by atoms with Gasteiger partial charge in [-0.1, -0.05) is 11.6 Å². The minimum Gasteiger partial charge on any atom is -0.477 e. The first kappa shape index (κ1) is 10.4. The van der Waals surface area contributed by atoms with Gasteiger partial charge in [0.15, 0.2) is 5.69 Å². The molecule has 6 nitrogen and oxygen atoms in total. The SMILES string of the molecule is CC(=O)Nc1nc(Cl)cc(C(=O)O)n1. The second kappa shape index (κ2) is 4.01. The second-order valence-corrected chi connectivity index (χ2v) is 2.77. The molecular formula is C7H6ClN3O3. The van der Waals surface area contributed by atoms with Gasteiger partial charge in [0, 0.05) is 13.0 Å². The summed E-state index contributed by atoms with van der Waals surface area (Å²) in [6.07, 6.45) is 0. The van der Waals surface area contributed by atoms with Gasteiger partial charge in [-0.05, 0) is 0 Å². The van der Waals surface area contributed by atoms with Crippen LogP contribution in [0, 0.1) is 0 Å². The zero-order valence-electron chi connectivity index (χ0n) is 7.11. The summed E-state index contributed by atoms with van der Waals surface area (Å²) in [5.41, 5.74) is -0.270. The van der Waals surface area contributed by atoms with E-state index in [1.807, 2.05) is 0 Å². The number of carbonyl (C=O) groups excluding carboxylic acids is 1. The highest BCUT2D eigenvalue weighted by molar-refractivity contribution is 6.29. The predicted octanol–water partition coefficient (Wildman–Crippen LogP) is 0.787. The summed E-state index contributed by atoms with van der Waals surface area (Å²) < 4.78 is 0. The third-order valence-corrected chi connectivity index (χ3v) is 1.40. The second-order valence-electron chi connectivity index (χ2n) is 2.39. The van der Waals surface area contributed by atoms with Crippen LogP contribution in [0.25, 0.3) is 0 Å². The molecule has 0 saturated heterocycles. The van der Waals surface area contributed by atoms with Crippen LogP contribution in [-0.2, 0) is 4.79 Å². The van der Waals surface area contributed by atoms with Crippen LogP contribution in [0.2, 0.25) is 5.15 Å². The summed E-state index contributed by atoms with van der Waals surface area (Å²) in [6, 6.07) is 1.09. The molecule has 1 aromatic heterocycles. The Morgan fingerprint density at radius 2 is 2.14 bits per heavy atom. The van der Waals surface area contributed by atoms with Crippen LogP contribution in [0.1, 0.15) is 17.4 Å². The number of hydrogen-bond acceptors (Lipinski definition) is 4. The Hall–Kier alpha value is -1.69. The minimum atomic E-state index is -1.24. The van der Waals surface area contributed by atoms with Crippen molar-refractivity contribution < 1.29 is 14.7 Å². The number of amides is 1. The van der Waals surface area contributed by atoms with Gasteiger partial charge in [-0.25, -0.2) is 14.8 Å². The van der Waals surface area contributed by atoms with Crippen molar-refractivity contribution in [2.24, 2.45) is 0 Å². The van der Waals surface area contributed by atoms with Gasteiger partial charge >= 0.3 is 5.97 Å². The van der Waals surface area contributed by atoms with Gasteiger partial charge in [-0.2, -0.15) is 0 Å². The number of aromatic carboxylic acids is 1. The van der Waals surface area contributed by atoms with E-state index in [0.29, 0.717) is 0 Å². The summed E-state index contributed by atoms with van der Waals surface area (Å²) in [4.78, 5) is 28.3. The highest BCUT2D eigenvalue weighted by Gasteiger charge is 2.09. The number of halogens is 1. The van der Waals surface area contributed by atoms with E-state index in [4.69, 9.17) is 16.7 Å². The fraction of sp³-hybridized carbons (Fsp3) is 0.143. The number of anilines is 1. The van der Waals surface area contributed by atoms with Crippen LogP contribution >= 0.6 is 11.6 Å². The molecule has 1 amide bonds. The van der Waals surface area contributed by atoms with E-state index in [0.717, 1.165) is 6.07 Å². The van der Waals surface area contributed by atoms with Crippen molar-refractivity contribution >= 4 is 29.4 Å². The molecular weight excluding hydrogens is 210 g/mol. The number of nitrogens with zero attached hydrogens (tertiary/aromatic N) is 2. The Labute approximate surface area is 83.9 Å². The maximum atomic E-state index is 10.6. The summed E-state index contributed by atoms with van der Waals surface area (Å²) in [5, 5.41) is 10.8. The fourth-order valence-electron chi connectivity index (χ4n) is 0.741. The first-order valence-corrected chi connectivity index (χ1v) is 3.92. The molecule has 0 saturated carbocycles. The standard InChI is InChI=1S/C7H6ClN3O3/c1-3(12)9-7-10-4(6(13)14)2-5(8)11-7/h2H,1H3,(H,13,14)(H,9,10,11,12). The van der Waals surface area contributed by atoms with Gasteiger partial charge in [-0.3, -0.25) is 10.1 Å². The predicted molar refractivity (Wildman–Crippen MR) is 48.3 cm³/mol. The van der Waals surface area contributed by atoms with Crippen LogP contribution in [0.5, 0.6) is 0 Å². The molecule has 0 aliphatic heterocycles. The van der Waals surface area contributed by atoms with Crippen LogP contribution < -0.4 is 5.32 Å². The Balaban J connectivity index is 3.07. The molecule has 1 aromatic rings. The number of carbonyl (C=O) groups is 2. The van der Waals surface area contributed by atoms with Crippen LogP contribution in [0.4, 0.5) is 5.95 Å². The van der Waals surface area contributed by atoms with Crippen LogP contribution in [0.15, 0.2) is 6.07 Å². The number of rotatable bonds is 2. The summed E-state index contributed by atoms with van der Waals surface area (Å²) in [5.74, 6) is -1.76. The zero-order valence-corrected chi connectivity index (χ0v) is 7.87. The lowest BCUT2D eigenvalue weighted by Gasteiger charge is -2.01. The highest BCUT2D eigenvalue weighted by Crippen LogP contribution is 2.10. The van der Waals surface area contributed by atoms with Crippen LogP contribution in [-0.4, -0.2) is 27.0 Å².